The van der Waals surface area contributed by atoms with Crippen LogP contribution in [-0.2, 0) is 11.3 Å². The molecule has 0 atom stereocenters. The van der Waals surface area contributed by atoms with Crippen molar-refractivity contribution in [2.75, 3.05) is 13.6 Å². The van der Waals surface area contributed by atoms with Crippen molar-refractivity contribution in [2.24, 2.45) is 5.41 Å². The van der Waals surface area contributed by atoms with E-state index < -0.39 is 11.4 Å². The maximum absolute atomic E-state index is 13.6. The largest absolute Gasteiger partial charge is 0.481 e. The van der Waals surface area contributed by atoms with Crippen molar-refractivity contribution < 1.29 is 14.3 Å². The first-order chi connectivity index (χ1) is 8.43. The Morgan fingerprint density at radius 3 is 2.78 bits per heavy atom. The van der Waals surface area contributed by atoms with Gasteiger partial charge >= 0.3 is 5.97 Å². The molecule has 0 unspecified atom stereocenters. The molecule has 0 aromatic heterocycles. The molecular weight excluding hydrogens is 301 g/mol. The van der Waals surface area contributed by atoms with E-state index in [0.29, 0.717) is 31.5 Å². The maximum atomic E-state index is 13.6. The molecule has 0 bridgehead atoms. The molecule has 1 aromatic carbocycles. The van der Waals surface area contributed by atoms with E-state index in [4.69, 9.17) is 5.11 Å². The van der Waals surface area contributed by atoms with Crippen molar-refractivity contribution in [3.63, 3.8) is 0 Å². The fourth-order valence-corrected chi connectivity index (χ4v) is 2.53. The molecule has 18 heavy (non-hydrogen) atoms. The standard InChI is InChI=1S/C13H15BrFNO2/c1-16(8-13(4-5-13)12(17)18)7-9-6-10(14)2-3-11(9)15/h2-3,6H,4-5,7-8H2,1H3,(H,17,18). The highest BCUT2D eigenvalue weighted by Gasteiger charge is 2.50. The molecule has 0 aliphatic heterocycles. The first kappa shape index (κ1) is 13.5. The third-order valence-electron chi connectivity index (χ3n) is 3.33. The summed E-state index contributed by atoms with van der Waals surface area (Å²) in [6.45, 7) is 0.884. The van der Waals surface area contributed by atoms with E-state index in [2.05, 4.69) is 15.9 Å². The van der Waals surface area contributed by atoms with Gasteiger partial charge in [0, 0.05) is 23.1 Å². The SMILES string of the molecule is CN(Cc1cc(Br)ccc1F)CC1(C(=O)O)CC1. The second-order valence-corrected chi connectivity index (χ2v) is 5.91. The molecule has 3 nitrogen and oxygen atoms in total. The van der Waals surface area contributed by atoms with Crippen molar-refractivity contribution in [1.82, 2.24) is 4.90 Å². The lowest BCUT2D eigenvalue weighted by Crippen LogP contribution is -2.31. The summed E-state index contributed by atoms with van der Waals surface area (Å²) in [6, 6.07) is 4.79. The summed E-state index contributed by atoms with van der Waals surface area (Å²) in [4.78, 5) is 13.0. The lowest BCUT2D eigenvalue weighted by Gasteiger charge is -2.21. The monoisotopic (exact) mass is 315 g/mol. The van der Waals surface area contributed by atoms with Crippen LogP contribution in [0.2, 0.25) is 0 Å². The highest BCUT2D eigenvalue weighted by atomic mass is 79.9. The van der Waals surface area contributed by atoms with Crippen molar-refractivity contribution in [3.05, 3.63) is 34.1 Å². The fraction of sp³-hybridized carbons (Fsp3) is 0.462. The van der Waals surface area contributed by atoms with Crippen molar-refractivity contribution in [1.29, 1.82) is 0 Å². The smallest absolute Gasteiger partial charge is 0.310 e. The van der Waals surface area contributed by atoms with Gasteiger partial charge in [0.2, 0.25) is 0 Å². The number of halogens is 2. The zero-order valence-corrected chi connectivity index (χ0v) is 11.7. The van der Waals surface area contributed by atoms with Crippen LogP contribution in [0.25, 0.3) is 0 Å². The molecule has 0 heterocycles. The molecule has 2 rings (SSSR count). The molecule has 1 fully saturated rings. The minimum atomic E-state index is -0.746. The Hall–Kier alpha value is -0.940. The lowest BCUT2D eigenvalue weighted by atomic mass is 10.1. The van der Waals surface area contributed by atoms with E-state index in [1.807, 2.05) is 11.9 Å². The van der Waals surface area contributed by atoms with Gasteiger partial charge in [-0.1, -0.05) is 15.9 Å². The molecule has 0 amide bonds. The minimum absolute atomic E-state index is 0.259. The first-order valence-electron chi connectivity index (χ1n) is 5.79. The van der Waals surface area contributed by atoms with Crippen LogP contribution < -0.4 is 0 Å². The van der Waals surface area contributed by atoms with Crippen LogP contribution in [0.15, 0.2) is 22.7 Å². The Morgan fingerprint density at radius 1 is 1.56 bits per heavy atom. The van der Waals surface area contributed by atoms with Gasteiger partial charge in [-0.2, -0.15) is 0 Å². The van der Waals surface area contributed by atoms with Gasteiger partial charge in [0.1, 0.15) is 5.82 Å². The summed E-state index contributed by atoms with van der Waals surface area (Å²) in [5.41, 5.74) is -0.0231. The van der Waals surface area contributed by atoms with Crippen LogP contribution in [-0.4, -0.2) is 29.6 Å². The molecule has 1 saturated carbocycles. The average Bonchev–Trinajstić information content (AvgIpc) is 3.04. The molecule has 1 aliphatic carbocycles. The van der Waals surface area contributed by atoms with Gasteiger partial charge in [-0.15, -0.1) is 0 Å². The van der Waals surface area contributed by atoms with E-state index in [-0.39, 0.29) is 5.82 Å². The topological polar surface area (TPSA) is 40.5 Å². The Kier molecular flexibility index (Phi) is 3.73. The van der Waals surface area contributed by atoms with Crippen LogP contribution in [0.3, 0.4) is 0 Å². The number of rotatable bonds is 5. The second kappa shape index (κ2) is 4.97. The summed E-state index contributed by atoms with van der Waals surface area (Å²) in [6.07, 6.45) is 1.43. The summed E-state index contributed by atoms with van der Waals surface area (Å²) in [5.74, 6) is -1.01. The molecule has 1 aromatic rings. The van der Waals surface area contributed by atoms with Crippen molar-refractivity contribution >= 4 is 21.9 Å². The van der Waals surface area contributed by atoms with E-state index in [1.54, 1.807) is 12.1 Å². The number of aliphatic carboxylic acids is 1. The normalized spacial score (nSPS) is 16.9. The van der Waals surface area contributed by atoms with E-state index in [1.165, 1.54) is 6.07 Å². The van der Waals surface area contributed by atoms with E-state index in [0.717, 1.165) is 4.47 Å². The van der Waals surface area contributed by atoms with Gasteiger partial charge in [0.05, 0.1) is 5.41 Å². The highest BCUT2D eigenvalue weighted by molar-refractivity contribution is 9.10. The third kappa shape index (κ3) is 2.90. The summed E-state index contributed by atoms with van der Waals surface area (Å²) in [5, 5.41) is 9.11. The number of carboxylic acids is 1. The number of hydrogen-bond donors (Lipinski definition) is 1. The first-order valence-corrected chi connectivity index (χ1v) is 6.58. The van der Waals surface area contributed by atoms with Gasteiger partial charge in [-0.05, 0) is 38.1 Å². The fourth-order valence-electron chi connectivity index (χ4n) is 2.12. The van der Waals surface area contributed by atoms with Crippen LogP contribution in [0.1, 0.15) is 18.4 Å². The summed E-state index contributed by atoms with van der Waals surface area (Å²) in [7, 11) is 1.82. The second-order valence-electron chi connectivity index (χ2n) is 4.99. The van der Waals surface area contributed by atoms with Crippen molar-refractivity contribution in [3.8, 4) is 0 Å². The van der Waals surface area contributed by atoms with Crippen molar-refractivity contribution in [2.45, 2.75) is 19.4 Å². The Bertz CT molecular complexity index is 474. The van der Waals surface area contributed by atoms with E-state index in [9.17, 15) is 9.18 Å². The lowest BCUT2D eigenvalue weighted by molar-refractivity contribution is -0.144. The van der Waals surface area contributed by atoms with Crippen LogP contribution in [0.5, 0.6) is 0 Å². The molecule has 1 aliphatic rings. The average molecular weight is 316 g/mol. The summed E-state index contributed by atoms with van der Waals surface area (Å²) < 4.78 is 14.4. The highest BCUT2D eigenvalue weighted by Crippen LogP contribution is 2.46. The van der Waals surface area contributed by atoms with E-state index >= 15 is 0 Å². The molecule has 98 valence electrons. The molecule has 5 heteroatoms. The number of hydrogen-bond acceptors (Lipinski definition) is 2. The predicted octanol–water partition coefficient (Wildman–Crippen LogP) is 2.88. The molecule has 1 N–H and O–H groups in total. The molecule has 0 saturated heterocycles. The van der Waals surface area contributed by atoms with Crippen LogP contribution in [0, 0.1) is 11.2 Å². The van der Waals surface area contributed by atoms with Gasteiger partial charge in [0.15, 0.2) is 0 Å². The zero-order chi connectivity index (χ0) is 13.3. The maximum Gasteiger partial charge on any atom is 0.310 e. The van der Waals surface area contributed by atoms with Crippen LogP contribution >= 0.6 is 15.9 Å². The number of benzene rings is 1. The predicted molar refractivity (Wildman–Crippen MR) is 69.7 cm³/mol. The Labute approximate surface area is 114 Å². The van der Waals surface area contributed by atoms with Gasteiger partial charge in [-0.25, -0.2) is 4.39 Å². The molecule has 0 spiro atoms. The van der Waals surface area contributed by atoms with Crippen LogP contribution in [0.4, 0.5) is 4.39 Å². The number of carbonyl (C=O) groups is 1. The van der Waals surface area contributed by atoms with Gasteiger partial charge in [-0.3, -0.25) is 4.79 Å². The minimum Gasteiger partial charge on any atom is -0.481 e. The quantitative estimate of drug-likeness (QED) is 0.908. The third-order valence-corrected chi connectivity index (χ3v) is 3.82. The summed E-state index contributed by atoms with van der Waals surface area (Å²) >= 11 is 3.30. The zero-order valence-electron chi connectivity index (χ0n) is 10.1. The Balaban J connectivity index is 2.01. The Morgan fingerprint density at radius 2 is 2.22 bits per heavy atom. The number of nitrogens with zero attached hydrogens (tertiary/aromatic N) is 1. The molecular formula is C13H15BrFNO2. The number of carboxylic acid groups (broad SMARTS) is 1. The van der Waals surface area contributed by atoms with Gasteiger partial charge < -0.3 is 10.0 Å². The molecule has 0 radical (unpaired) electrons. The van der Waals surface area contributed by atoms with Gasteiger partial charge in [0.25, 0.3) is 0 Å².